The van der Waals surface area contributed by atoms with E-state index in [1.54, 1.807) is 18.3 Å². The van der Waals surface area contributed by atoms with Crippen molar-refractivity contribution in [2.45, 2.75) is 52.4 Å². The molecule has 7 nitrogen and oxygen atoms in total. The normalized spacial score (nSPS) is 11.8. The molecule has 0 radical (unpaired) electrons. The fourth-order valence-corrected chi connectivity index (χ4v) is 5.64. The summed E-state index contributed by atoms with van der Waals surface area (Å²) in [6.07, 6.45) is 1.69. The molecule has 236 valence electrons. The number of rotatable bonds is 5. The first-order valence-corrected chi connectivity index (χ1v) is 15.0. The Balaban J connectivity index is 0.00000417. The van der Waals surface area contributed by atoms with Crippen LogP contribution in [0, 0.1) is 0 Å². The zero-order valence-electron chi connectivity index (χ0n) is 26.6. The van der Waals surface area contributed by atoms with E-state index in [9.17, 15) is 15.0 Å². The van der Waals surface area contributed by atoms with E-state index in [0.717, 1.165) is 33.5 Å². The summed E-state index contributed by atoms with van der Waals surface area (Å²) in [5.74, 6) is -0.401. The van der Waals surface area contributed by atoms with Gasteiger partial charge in [0, 0.05) is 38.4 Å². The topological polar surface area (TPSA) is 101 Å². The van der Waals surface area contributed by atoms with Crippen LogP contribution in [0.25, 0.3) is 50.6 Å². The van der Waals surface area contributed by atoms with Crippen molar-refractivity contribution in [2.24, 2.45) is 0 Å². The molecule has 0 aliphatic rings. The number of para-hydroxylation sites is 1. The van der Waals surface area contributed by atoms with Gasteiger partial charge in [0.25, 0.3) is 0 Å². The summed E-state index contributed by atoms with van der Waals surface area (Å²) in [6.45, 7) is 12.8. The molecule has 0 fully saturated rings. The minimum Gasteiger partial charge on any atom is -0.507 e. The summed E-state index contributed by atoms with van der Waals surface area (Å²) in [5.41, 5.74) is 6.94. The number of phenols is 1. The van der Waals surface area contributed by atoms with Crippen molar-refractivity contribution < 1.29 is 36.1 Å². The maximum atomic E-state index is 12.0. The number of benzene rings is 3. The third-order valence-electron chi connectivity index (χ3n) is 8.04. The molecule has 8 heteroatoms. The second-order valence-electron chi connectivity index (χ2n) is 13.3. The van der Waals surface area contributed by atoms with Gasteiger partial charge in [0.1, 0.15) is 28.5 Å². The fourth-order valence-electron chi connectivity index (χ4n) is 5.64. The average Bonchev–Trinajstić information content (AvgIpc) is 3.40. The molecule has 0 atom stereocenters. The Morgan fingerprint density at radius 3 is 2.13 bits per heavy atom. The Kier molecular flexibility index (Phi) is 8.76. The maximum Gasteiger partial charge on any atom is 0.354 e. The predicted octanol–water partition coefficient (Wildman–Crippen LogP) is 8.81. The van der Waals surface area contributed by atoms with E-state index in [1.807, 2.05) is 48.5 Å². The number of fused-ring (bicyclic) bond motifs is 1. The van der Waals surface area contributed by atoms with E-state index >= 15 is 0 Å². The molecule has 3 aromatic heterocycles. The van der Waals surface area contributed by atoms with E-state index in [2.05, 4.69) is 80.3 Å². The molecule has 6 aromatic rings. The van der Waals surface area contributed by atoms with Gasteiger partial charge in [0.15, 0.2) is 0 Å². The van der Waals surface area contributed by atoms with Crippen LogP contribution in [-0.2, 0) is 31.9 Å². The zero-order valence-corrected chi connectivity index (χ0v) is 28.9. The molecule has 0 saturated heterocycles. The number of imidazole rings is 1. The molecule has 0 unspecified atom stereocenters. The van der Waals surface area contributed by atoms with Gasteiger partial charge in [0.2, 0.25) is 0 Å². The molecule has 3 aromatic carbocycles. The van der Waals surface area contributed by atoms with Gasteiger partial charge in [-0.05, 0) is 52.3 Å². The zero-order chi connectivity index (χ0) is 32.1. The summed E-state index contributed by atoms with van der Waals surface area (Å²) >= 11 is 0. The number of carboxylic acids is 1. The number of aromatic carboxylic acids is 1. The second kappa shape index (κ2) is 12.3. The Morgan fingerprint density at radius 1 is 0.761 bits per heavy atom. The molecule has 0 aliphatic carbocycles. The van der Waals surface area contributed by atoms with Crippen LogP contribution in [0.15, 0.2) is 97.2 Å². The summed E-state index contributed by atoms with van der Waals surface area (Å²) in [4.78, 5) is 26.0. The molecular formula is C38H36N4O3Pt. The first-order chi connectivity index (χ1) is 21.3. The third kappa shape index (κ3) is 6.00. The summed E-state index contributed by atoms with van der Waals surface area (Å²) in [7, 11) is 0. The first kappa shape index (κ1) is 32.8. The molecule has 0 amide bonds. The number of carbonyl (C=O) groups is 1. The summed E-state index contributed by atoms with van der Waals surface area (Å²) in [5, 5.41) is 21.6. The van der Waals surface area contributed by atoms with Crippen molar-refractivity contribution in [3.8, 4) is 45.3 Å². The summed E-state index contributed by atoms with van der Waals surface area (Å²) in [6, 6.07) is 29.1. The molecule has 0 bridgehead atoms. The molecule has 3 heterocycles. The number of carboxylic acid groups (broad SMARTS) is 1. The van der Waals surface area contributed by atoms with E-state index in [4.69, 9.17) is 4.98 Å². The van der Waals surface area contributed by atoms with Crippen molar-refractivity contribution >= 4 is 17.0 Å². The monoisotopic (exact) mass is 791 g/mol. The predicted molar refractivity (Wildman–Crippen MR) is 179 cm³/mol. The summed E-state index contributed by atoms with van der Waals surface area (Å²) < 4.78 is 2.07. The Bertz CT molecular complexity index is 2070. The van der Waals surface area contributed by atoms with Crippen LogP contribution in [-0.4, -0.2) is 35.7 Å². The van der Waals surface area contributed by atoms with Gasteiger partial charge < -0.3 is 10.2 Å². The standard InChI is InChI=1S/C38H36N4O3.Pt/c1-37(2,3)24-21-26(34(43)27(22-24)38(4,5)6)35-41-33-31(19-20-39-32(33)28-16-12-17-29(40-28)36(44)45)42(35)30-18-11-10-15-25(30)23-13-8-7-9-14-23;/h7-22,43H,1-6H3,(H,44,45);. The number of aromatic nitrogens is 4. The molecule has 0 saturated carbocycles. The van der Waals surface area contributed by atoms with Crippen molar-refractivity contribution in [1.29, 1.82) is 0 Å². The van der Waals surface area contributed by atoms with Gasteiger partial charge in [-0.15, -0.1) is 0 Å². The smallest absolute Gasteiger partial charge is 0.354 e. The number of aromatic hydroxyl groups is 1. The quantitative estimate of drug-likeness (QED) is 0.181. The third-order valence-corrected chi connectivity index (χ3v) is 8.04. The molecule has 2 N–H and O–H groups in total. The van der Waals surface area contributed by atoms with Crippen molar-refractivity contribution in [1.82, 2.24) is 19.5 Å². The Hall–Kier alpha value is -4.61. The molecule has 46 heavy (non-hydrogen) atoms. The van der Waals surface area contributed by atoms with Crippen LogP contribution in [0.2, 0.25) is 0 Å². The van der Waals surface area contributed by atoms with Crippen LogP contribution in [0.1, 0.15) is 63.2 Å². The van der Waals surface area contributed by atoms with Crippen molar-refractivity contribution in [3.63, 3.8) is 0 Å². The van der Waals surface area contributed by atoms with Gasteiger partial charge in [-0.3, -0.25) is 9.55 Å². The van der Waals surface area contributed by atoms with Crippen LogP contribution in [0.3, 0.4) is 0 Å². The molecule has 6 rings (SSSR count). The maximum absolute atomic E-state index is 12.0. The molecule has 0 aliphatic heterocycles. The van der Waals surface area contributed by atoms with Gasteiger partial charge in [-0.25, -0.2) is 14.8 Å². The van der Waals surface area contributed by atoms with Gasteiger partial charge in [-0.1, -0.05) is 102 Å². The first-order valence-electron chi connectivity index (χ1n) is 15.0. The van der Waals surface area contributed by atoms with Crippen LogP contribution >= 0.6 is 0 Å². The molecule has 0 spiro atoms. The second-order valence-corrected chi connectivity index (χ2v) is 13.3. The van der Waals surface area contributed by atoms with E-state index in [-0.39, 0.29) is 43.3 Å². The van der Waals surface area contributed by atoms with Crippen LogP contribution < -0.4 is 0 Å². The molecular weight excluding hydrogens is 756 g/mol. The van der Waals surface area contributed by atoms with Gasteiger partial charge >= 0.3 is 5.97 Å². The van der Waals surface area contributed by atoms with Crippen LogP contribution in [0.5, 0.6) is 5.75 Å². The average molecular weight is 792 g/mol. The number of hydrogen-bond donors (Lipinski definition) is 2. The number of pyridine rings is 2. The van der Waals surface area contributed by atoms with E-state index in [1.165, 1.54) is 6.07 Å². The minimum absolute atomic E-state index is 0. The number of hydrogen-bond acceptors (Lipinski definition) is 5. The number of phenolic OH excluding ortho intramolecular Hbond substituents is 1. The minimum atomic E-state index is -1.12. The van der Waals surface area contributed by atoms with Crippen molar-refractivity contribution in [3.05, 3.63) is 114 Å². The number of nitrogens with zero attached hydrogens (tertiary/aromatic N) is 4. The Labute approximate surface area is 283 Å². The Morgan fingerprint density at radius 2 is 1.46 bits per heavy atom. The van der Waals surface area contributed by atoms with Gasteiger partial charge in [-0.2, -0.15) is 0 Å². The van der Waals surface area contributed by atoms with Gasteiger partial charge in [0.05, 0.1) is 22.5 Å². The fraction of sp³-hybridized carbons (Fsp3) is 0.211. The van der Waals surface area contributed by atoms with Crippen LogP contribution in [0.4, 0.5) is 0 Å². The van der Waals surface area contributed by atoms with Crippen molar-refractivity contribution in [2.75, 3.05) is 0 Å². The largest absolute Gasteiger partial charge is 0.507 e. The van der Waals surface area contributed by atoms with E-state index < -0.39 is 5.97 Å². The SMILES string of the molecule is CC(C)(C)c1cc(-c2nc3c(-c4cccc(C(=O)O)n4)nccc3n2-c2ccccc2-c2ccccc2)c(O)c(C(C)(C)C)c1.[Pt]. The van der Waals surface area contributed by atoms with E-state index in [0.29, 0.717) is 28.3 Å².